The zero-order valence-electron chi connectivity index (χ0n) is 9.64. The molecule has 2 heteroatoms. The summed E-state index contributed by atoms with van der Waals surface area (Å²) in [6.07, 6.45) is 2.25. The van der Waals surface area contributed by atoms with Gasteiger partial charge < -0.3 is 5.32 Å². The highest BCUT2D eigenvalue weighted by Gasteiger charge is 2.23. The van der Waals surface area contributed by atoms with Gasteiger partial charge in [-0.3, -0.25) is 4.90 Å². The molecule has 1 aliphatic heterocycles. The molecular weight excluding hydrogens is 172 g/mol. The minimum atomic E-state index is 0.632. The second-order valence-corrected chi connectivity index (χ2v) is 4.04. The molecule has 0 bridgehead atoms. The van der Waals surface area contributed by atoms with Gasteiger partial charge in [0, 0.05) is 38.1 Å². The molecule has 0 radical (unpaired) electrons. The molecule has 1 aliphatic rings. The van der Waals surface area contributed by atoms with Crippen molar-refractivity contribution in [1.82, 2.24) is 10.2 Å². The van der Waals surface area contributed by atoms with Crippen molar-refractivity contribution in [3.05, 3.63) is 0 Å². The highest BCUT2D eigenvalue weighted by molar-refractivity contribution is 4.96. The third kappa shape index (κ3) is 3.32. The van der Waals surface area contributed by atoms with Gasteiger partial charge in [0.05, 0.1) is 0 Å². The van der Waals surface area contributed by atoms with Crippen LogP contribution in [0.3, 0.4) is 0 Å². The van der Waals surface area contributed by atoms with Crippen LogP contribution in [0, 0.1) is 11.8 Å². The summed E-state index contributed by atoms with van der Waals surface area (Å²) in [6, 6.07) is 1.34. The maximum atomic E-state index is 3.53. The number of hydrogen-bond donors (Lipinski definition) is 1. The lowest BCUT2D eigenvalue weighted by Gasteiger charge is -2.38. The molecular formula is C12H22N2. The van der Waals surface area contributed by atoms with E-state index in [-0.39, 0.29) is 0 Å². The van der Waals surface area contributed by atoms with E-state index in [2.05, 4.69) is 35.9 Å². The molecule has 14 heavy (non-hydrogen) atoms. The van der Waals surface area contributed by atoms with Gasteiger partial charge in [0.25, 0.3) is 0 Å². The second kappa shape index (κ2) is 6.06. The number of nitrogens with one attached hydrogen (secondary N) is 1. The van der Waals surface area contributed by atoms with Crippen LogP contribution in [-0.2, 0) is 0 Å². The Morgan fingerprint density at radius 2 is 2.29 bits per heavy atom. The number of piperazine rings is 1. The third-order valence-corrected chi connectivity index (χ3v) is 2.90. The summed E-state index contributed by atoms with van der Waals surface area (Å²) in [7, 11) is 0. The minimum Gasteiger partial charge on any atom is -0.311 e. The maximum absolute atomic E-state index is 3.53. The summed E-state index contributed by atoms with van der Waals surface area (Å²) < 4.78 is 0. The van der Waals surface area contributed by atoms with Gasteiger partial charge in [-0.15, -0.1) is 11.8 Å². The third-order valence-electron chi connectivity index (χ3n) is 2.90. The van der Waals surface area contributed by atoms with E-state index in [1.165, 1.54) is 13.0 Å². The van der Waals surface area contributed by atoms with E-state index in [1.807, 2.05) is 6.92 Å². The molecule has 2 nitrogen and oxygen atoms in total. The van der Waals surface area contributed by atoms with Gasteiger partial charge in [-0.25, -0.2) is 0 Å². The molecule has 2 unspecified atom stereocenters. The van der Waals surface area contributed by atoms with Crippen LogP contribution in [0.4, 0.5) is 0 Å². The topological polar surface area (TPSA) is 15.3 Å². The van der Waals surface area contributed by atoms with Crippen LogP contribution in [-0.4, -0.2) is 36.6 Å². The van der Waals surface area contributed by atoms with Crippen LogP contribution >= 0.6 is 0 Å². The lowest BCUT2D eigenvalue weighted by molar-refractivity contribution is 0.135. The Morgan fingerprint density at radius 1 is 1.50 bits per heavy atom. The second-order valence-electron chi connectivity index (χ2n) is 4.04. The van der Waals surface area contributed by atoms with E-state index in [0.29, 0.717) is 12.1 Å². The molecule has 1 fully saturated rings. The molecule has 1 rings (SSSR count). The predicted octanol–water partition coefficient (Wildman–Crippen LogP) is 1.47. The van der Waals surface area contributed by atoms with E-state index in [4.69, 9.17) is 0 Å². The van der Waals surface area contributed by atoms with Crippen molar-refractivity contribution < 1.29 is 0 Å². The highest BCUT2D eigenvalue weighted by atomic mass is 15.2. The zero-order chi connectivity index (χ0) is 10.4. The van der Waals surface area contributed by atoms with Crippen LogP contribution in [0.5, 0.6) is 0 Å². The number of hydrogen-bond acceptors (Lipinski definition) is 2. The monoisotopic (exact) mass is 194 g/mol. The standard InChI is InChI=1S/C12H22N2/c1-4-6-7-8-14-10-11(3)13-9-12(14)5-2/h11-13H,5,7-10H2,1-3H3. The fourth-order valence-electron chi connectivity index (χ4n) is 2.03. The predicted molar refractivity (Wildman–Crippen MR) is 61.2 cm³/mol. The first-order valence-electron chi connectivity index (χ1n) is 5.65. The summed E-state index contributed by atoms with van der Waals surface area (Å²) in [6.45, 7) is 9.87. The van der Waals surface area contributed by atoms with E-state index in [0.717, 1.165) is 19.5 Å². The summed E-state index contributed by atoms with van der Waals surface area (Å²) in [5.41, 5.74) is 0. The van der Waals surface area contributed by atoms with E-state index in [1.54, 1.807) is 0 Å². The van der Waals surface area contributed by atoms with Gasteiger partial charge >= 0.3 is 0 Å². The van der Waals surface area contributed by atoms with Crippen molar-refractivity contribution in [2.24, 2.45) is 0 Å². The molecule has 0 aromatic rings. The Morgan fingerprint density at radius 3 is 2.93 bits per heavy atom. The molecule has 80 valence electrons. The van der Waals surface area contributed by atoms with Gasteiger partial charge in [0.1, 0.15) is 0 Å². The molecule has 1 heterocycles. The van der Waals surface area contributed by atoms with Crippen molar-refractivity contribution in [3.63, 3.8) is 0 Å². The van der Waals surface area contributed by atoms with Crippen LogP contribution in [0.1, 0.15) is 33.6 Å². The van der Waals surface area contributed by atoms with Crippen molar-refractivity contribution >= 4 is 0 Å². The van der Waals surface area contributed by atoms with Crippen molar-refractivity contribution in [2.75, 3.05) is 19.6 Å². The molecule has 0 saturated carbocycles. The molecule has 1 saturated heterocycles. The van der Waals surface area contributed by atoms with Crippen molar-refractivity contribution in [3.8, 4) is 11.8 Å². The van der Waals surface area contributed by atoms with E-state index >= 15 is 0 Å². The largest absolute Gasteiger partial charge is 0.311 e. The van der Waals surface area contributed by atoms with Gasteiger partial charge in [0.2, 0.25) is 0 Å². The fraction of sp³-hybridized carbons (Fsp3) is 0.833. The first kappa shape index (κ1) is 11.6. The minimum absolute atomic E-state index is 0.632. The van der Waals surface area contributed by atoms with Crippen molar-refractivity contribution in [2.45, 2.75) is 45.7 Å². The van der Waals surface area contributed by atoms with Gasteiger partial charge in [-0.2, -0.15) is 0 Å². The number of nitrogens with zero attached hydrogens (tertiary/aromatic N) is 1. The molecule has 2 atom stereocenters. The van der Waals surface area contributed by atoms with Gasteiger partial charge in [0.15, 0.2) is 0 Å². The Balaban J connectivity index is 2.39. The Hall–Kier alpha value is -0.520. The normalized spacial score (nSPS) is 28.2. The molecule has 0 amide bonds. The average molecular weight is 194 g/mol. The number of rotatable bonds is 3. The smallest absolute Gasteiger partial charge is 0.0219 e. The Bertz CT molecular complexity index is 214. The Labute approximate surface area is 88.1 Å². The summed E-state index contributed by atoms with van der Waals surface area (Å²) in [5.74, 6) is 6.10. The first-order valence-corrected chi connectivity index (χ1v) is 5.65. The fourth-order valence-corrected chi connectivity index (χ4v) is 2.03. The van der Waals surface area contributed by atoms with Crippen LogP contribution in [0.25, 0.3) is 0 Å². The molecule has 0 aromatic carbocycles. The zero-order valence-corrected chi connectivity index (χ0v) is 9.64. The highest BCUT2D eigenvalue weighted by Crippen LogP contribution is 2.10. The lowest BCUT2D eigenvalue weighted by Crippen LogP contribution is -2.55. The molecule has 0 spiro atoms. The van der Waals surface area contributed by atoms with Crippen molar-refractivity contribution in [1.29, 1.82) is 0 Å². The van der Waals surface area contributed by atoms with E-state index < -0.39 is 0 Å². The van der Waals surface area contributed by atoms with Crippen LogP contribution in [0.15, 0.2) is 0 Å². The first-order chi connectivity index (χ1) is 6.77. The maximum Gasteiger partial charge on any atom is 0.0219 e. The molecule has 1 N–H and O–H groups in total. The van der Waals surface area contributed by atoms with Gasteiger partial charge in [-0.05, 0) is 20.3 Å². The quantitative estimate of drug-likeness (QED) is 0.685. The summed E-state index contributed by atoms with van der Waals surface area (Å²) >= 11 is 0. The van der Waals surface area contributed by atoms with E-state index in [9.17, 15) is 0 Å². The summed E-state index contributed by atoms with van der Waals surface area (Å²) in [4.78, 5) is 2.57. The SMILES string of the molecule is CC#CCCN1CC(C)NCC1CC. The lowest BCUT2D eigenvalue weighted by atomic mass is 10.1. The van der Waals surface area contributed by atoms with Crippen LogP contribution < -0.4 is 5.32 Å². The Kier molecular flexibility index (Phi) is 5.00. The molecule has 0 aromatic heterocycles. The van der Waals surface area contributed by atoms with Gasteiger partial charge in [-0.1, -0.05) is 6.92 Å². The summed E-state index contributed by atoms with van der Waals surface area (Å²) in [5, 5.41) is 3.53. The average Bonchev–Trinajstić information content (AvgIpc) is 2.19. The van der Waals surface area contributed by atoms with Crippen LogP contribution in [0.2, 0.25) is 0 Å². The molecule has 0 aliphatic carbocycles.